The van der Waals surface area contributed by atoms with Gasteiger partial charge in [0, 0.05) is 25.0 Å². The van der Waals surface area contributed by atoms with E-state index in [4.69, 9.17) is 16.3 Å². The quantitative estimate of drug-likeness (QED) is 0.566. The minimum atomic E-state index is -3.44. The minimum Gasteiger partial charge on any atom is -0.441 e. The van der Waals surface area contributed by atoms with Crippen LogP contribution in [0.15, 0.2) is 30.6 Å². The first-order chi connectivity index (χ1) is 14.5. The molecule has 1 amide bonds. The zero-order chi connectivity index (χ0) is 22.8. The number of amides is 1. The summed E-state index contributed by atoms with van der Waals surface area (Å²) in [4.78, 5) is 20.8. The van der Waals surface area contributed by atoms with Gasteiger partial charge in [0.1, 0.15) is 6.10 Å². The SMILES string of the molecule is Cc1nc(-c2nnn(C)c2NC(=O)OC(C)c2cncc(Cl)c2)ccc1NS(C)(=O)=O. The molecule has 31 heavy (non-hydrogen) atoms. The molecule has 1 atom stereocenters. The molecule has 0 radical (unpaired) electrons. The normalized spacial score (nSPS) is 12.3. The summed E-state index contributed by atoms with van der Waals surface area (Å²) >= 11 is 5.93. The second-order valence-corrected chi connectivity index (χ2v) is 8.91. The van der Waals surface area contributed by atoms with Crippen molar-refractivity contribution in [3.8, 4) is 11.4 Å². The van der Waals surface area contributed by atoms with E-state index in [9.17, 15) is 13.2 Å². The van der Waals surface area contributed by atoms with E-state index in [2.05, 4.69) is 30.3 Å². The van der Waals surface area contributed by atoms with Gasteiger partial charge in [0.05, 0.1) is 28.4 Å². The third-order valence-corrected chi connectivity index (χ3v) is 4.95. The molecule has 3 aromatic rings. The number of halogens is 1. The van der Waals surface area contributed by atoms with E-state index >= 15 is 0 Å². The van der Waals surface area contributed by atoms with Gasteiger partial charge in [-0.1, -0.05) is 16.8 Å². The van der Waals surface area contributed by atoms with Gasteiger partial charge in [-0.05, 0) is 32.0 Å². The number of nitrogens with one attached hydrogen (secondary N) is 2. The van der Waals surface area contributed by atoms with Crippen LogP contribution < -0.4 is 10.0 Å². The molecule has 0 spiro atoms. The van der Waals surface area contributed by atoms with E-state index < -0.39 is 22.2 Å². The molecule has 3 aromatic heterocycles. The van der Waals surface area contributed by atoms with Crippen molar-refractivity contribution in [2.45, 2.75) is 20.0 Å². The van der Waals surface area contributed by atoms with E-state index in [0.717, 1.165) is 6.26 Å². The van der Waals surface area contributed by atoms with E-state index in [1.54, 1.807) is 45.3 Å². The molecule has 2 N–H and O–H groups in total. The molecule has 11 nitrogen and oxygen atoms in total. The van der Waals surface area contributed by atoms with E-state index in [1.807, 2.05) is 0 Å². The highest BCUT2D eigenvalue weighted by Crippen LogP contribution is 2.27. The molecule has 1 unspecified atom stereocenters. The van der Waals surface area contributed by atoms with Crippen LogP contribution in [-0.4, -0.2) is 45.7 Å². The summed E-state index contributed by atoms with van der Waals surface area (Å²) in [6.45, 7) is 3.34. The first-order valence-corrected chi connectivity index (χ1v) is 11.2. The lowest BCUT2D eigenvalue weighted by Crippen LogP contribution is -2.18. The Bertz CT molecular complexity index is 1230. The predicted molar refractivity (Wildman–Crippen MR) is 115 cm³/mol. The Labute approximate surface area is 183 Å². The second-order valence-electron chi connectivity index (χ2n) is 6.72. The number of hydrogen-bond donors (Lipinski definition) is 2. The van der Waals surface area contributed by atoms with Gasteiger partial charge in [-0.15, -0.1) is 5.10 Å². The maximum Gasteiger partial charge on any atom is 0.413 e. The number of sulfonamides is 1. The molecule has 3 rings (SSSR count). The molecule has 0 bridgehead atoms. The lowest BCUT2D eigenvalue weighted by Gasteiger charge is -2.14. The van der Waals surface area contributed by atoms with Gasteiger partial charge in [0.25, 0.3) is 0 Å². The topological polar surface area (TPSA) is 141 Å². The van der Waals surface area contributed by atoms with Gasteiger partial charge in [0.2, 0.25) is 10.0 Å². The highest BCUT2D eigenvalue weighted by Gasteiger charge is 2.20. The highest BCUT2D eigenvalue weighted by atomic mass is 35.5. The Morgan fingerprint density at radius 2 is 2.03 bits per heavy atom. The average molecular weight is 466 g/mol. The standard InChI is InChI=1S/C18H20ClN7O4S/c1-10-14(24-31(4,28)29)5-6-15(21-10)16-17(26(3)25-23-16)22-18(27)30-11(2)12-7-13(19)9-20-8-12/h5-9,11,24H,1-4H3,(H,22,27). The Balaban J connectivity index is 1.79. The Kier molecular flexibility index (Phi) is 6.41. The molecule has 3 heterocycles. The number of ether oxygens (including phenoxy) is 1. The maximum absolute atomic E-state index is 12.4. The van der Waals surface area contributed by atoms with E-state index in [-0.39, 0.29) is 5.82 Å². The number of nitrogens with zero attached hydrogens (tertiary/aromatic N) is 5. The molecule has 0 aliphatic heterocycles. The van der Waals surface area contributed by atoms with Crippen LogP contribution in [-0.2, 0) is 21.8 Å². The number of hydrogen-bond acceptors (Lipinski definition) is 8. The van der Waals surface area contributed by atoms with Crippen molar-refractivity contribution in [2.24, 2.45) is 7.05 Å². The number of aromatic nitrogens is 5. The number of anilines is 2. The van der Waals surface area contributed by atoms with Gasteiger partial charge >= 0.3 is 6.09 Å². The van der Waals surface area contributed by atoms with Crippen LogP contribution in [0.5, 0.6) is 0 Å². The van der Waals surface area contributed by atoms with E-state index in [0.29, 0.717) is 33.4 Å². The molecule has 0 fully saturated rings. The molecular weight excluding hydrogens is 446 g/mol. The number of aryl methyl sites for hydroxylation is 2. The van der Waals surface area contributed by atoms with Crippen LogP contribution in [0.4, 0.5) is 16.3 Å². The summed E-state index contributed by atoms with van der Waals surface area (Å²) in [7, 11) is -1.84. The third-order valence-electron chi connectivity index (χ3n) is 4.15. The predicted octanol–water partition coefficient (Wildman–Crippen LogP) is 2.92. The van der Waals surface area contributed by atoms with Crippen LogP contribution >= 0.6 is 11.6 Å². The van der Waals surface area contributed by atoms with Gasteiger partial charge < -0.3 is 4.74 Å². The summed E-state index contributed by atoms with van der Waals surface area (Å²) in [5.74, 6) is 0.261. The van der Waals surface area contributed by atoms with Crippen LogP contribution in [0.1, 0.15) is 24.3 Å². The smallest absolute Gasteiger partial charge is 0.413 e. The van der Waals surface area contributed by atoms with Crippen molar-refractivity contribution in [3.63, 3.8) is 0 Å². The molecule has 0 aliphatic rings. The molecule has 13 heteroatoms. The molecule has 164 valence electrons. The molecule has 0 aromatic carbocycles. The van der Waals surface area contributed by atoms with Crippen molar-refractivity contribution in [2.75, 3.05) is 16.3 Å². The van der Waals surface area contributed by atoms with Gasteiger partial charge in [-0.2, -0.15) is 0 Å². The zero-order valence-electron chi connectivity index (χ0n) is 17.1. The zero-order valence-corrected chi connectivity index (χ0v) is 18.7. The van der Waals surface area contributed by atoms with Crippen LogP contribution in [0.25, 0.3) is 11.4 Å². The fraction of sp³-hybridized carbons (Fsp3) is 0.278. The Hall–Kier alpha value is -3.25. The van der Waals surface area contributed by atoms with Crippen LogP contribution in [0.2, 0.25) is 5.02 Å². The number of pyridine rings is 2. The van der Waals surface area contributed by atoms with Crippen molar-refractivity contribution in [1.29, 1.82) is 0 Å². The molecule has 0 saturated heterocycles. The molecular formula is C18H20ClN7O4S. The summed E-state index contributed by atoms with van der Waals surface area (Å²) < 4.78 is 32.1. The largest absolute Gasteiger partial charge is 0.441 e. The van der Waals surface area contributed by atoms with Crippen molar-refractivity contribution >= 4 is 39.2 Å². The first-order valence-electron chi connectivity index (χ1n) is 8.97. The summed E-state index contributed by atoms with van der Waals surface area (Å²) in [6.07, 6.45) is 2.76. The van der Waals surface area contributed by atoms with Gasteiger partial charge in [-0.3, -0.25) is 15.0 Å². The van der Waals surface area contributed by atoms with Crippen LogP contribution in [0, 0.1) is 6.92 Å². The minimum absolute atomic E-state index is 0.261. The maximum atomic E-state index is 12.4. The number of rotatable bonds is 6. The summed E-state index contributed by atoms with van der Waals surface area (Å²) in [6, 6.07) is 4.79. The van der Waals surface area contributed by atoms with Crippen LogP contribution in [0.3, 0.4) is 0 Å². The third kappa shape index (κ3) is 5.67. The fourth-order valence-electron chi connectivity index (χ4n) is 2.68. The van der Waals surface area contributed by atoms with Crippen molar-refractivity contribution in [3.05, 3.63) is 46.9 Å². The fourth-order valence-corrected chi connectivity index (χ4v) is 3.47. The lowest BCUT2D eigenvalue weighted by atomic mass is 10.2. The Morgan fingerprint density at radius 3 is 2.68 bits per heavy atom. The molecule has 0 aliphatic carbocycles. The van der Waals surface area contributed by atoms with Crippen molar-refractivity contribution < 1.29 is 17.9 Å². The van der Waals surface area contributed by atoms with Gasteiger partial charge in [0.15, 0.2) is 11.5 Å². The number of carbonyl (C=O) groups excluding carboxylic acids is 1. The van der Waals surface area contributed by atoms with E-state index in [1.165, 1.54) is 10.9 Å². The lowest BCUT2D eigenvalue weighted by molar-refractivity contribution is 0.121. The summed E-state index contributed by atoms with van der Waals surface area (Å²) in [5.41, 5.74) is 2.10. The average Bonchev–Trinajstić information content (AvgIpc) is 3.02. The highest BCUT2D eigenvalue weighted by molar-refractivity contribution is 7.92. The molecule has 0 saturated carbocycles. The second kappa shape index (κ2) is 8.86. The monoisotopic (exact) mass is 465 g/mol. The number of carbonyl (C=O) groups is 1. The first kappa shape index (κ1) is 22.4. The Morgan fingerprint density at radius 1 is 1.29 bits per heavy atom. The summed E-state index contributed by atoms with van der Waals surface area (Å²) in [5, 5.41) is 11.0. The van der Waals surface area contributed by atoms with Crippen molar-refractivity contribution in [1.82, 2.24) is 25.0 Å². The van der Waals surface area contributed by atoms with Gasteiger partial charge in [-0.25, -0.2) is 22.9 Å².